The molecule has 1 aliphatic rings. The highest BCUT2D eigenvalue weighted by Gasteiger charge is 2.22. The predicted molar refractivity (Wildman–Crippen MR) is 52.6 cm³/mol. The van der Waals surface area contributed by atoms with E-state index in [0.29, 0.717) is 19.0 Å². The minimum atomic E-state index is -0.0841. The van der Waals surface area contributed by atoms with Gasteiger partial charge in [0.15, 0.2) is 0 Å². The van der Waals surface area contributed by atoms with Gasteiger partial charge >= 0.3 is 0 Å². The first-order chi connectivity index (χ1) is 6.22. The Morgan fingerprint density at radius 3 is 2.54 bits per heavy atom. The van der Waals surface area contributed by atoms with Crippen LogP contribution >= 0.6 is 15.9 Å². The average Bonchev–Trinajstić information content (AvgIpc) is 2.88. The van der Waals surface area contributed by atoms with Crippen LogP contribution in [0.4, 0.5) is 0 Å². The molecule has 0 aromatic carbocycles. The van der Waals surface area contributed by atoms with Crippen LogP contribution in [0.1, 0.15) is 19.3 Å². The topological polar surface area (TPSA) is 58.2 Å². The SMILES string of the molecule is O=C(CBr)NCCC(=O)NC1CC1. The molecule has 2 amide bonds. The van der Waals surface area contributed by atoms with Crippen molar-refractivity contribution in [1.29, 1.82) is 0 Å². The van der Waals surface area contributed by atoms with E-state index in [1.165, 1.54) is 0 Å². The molecule has 0 aromatic heterocycles. The molecule has 0 atom stereocenters. The lowest BCUT2D eigenvalue weighted by Crippen LogP contribution is -2.32. The number of amides is 2. The minimum Gasteiger partial charge on any atom is -0.355 e. The zero-order chi connectivity index (χ0) is 9.68. The fraction of sp³-hybridized carbons (Fsp3) is 0.750. The molecule has 74 valence electrons. The molecule has 5 heteroatoms. The Morgan fingerprint density at radius 1 is 1.31 bits per heavy atom. The Morgan fingerprint density at radius 2 is 2.00 bits per heavy atom. The van der Waals surface area contributed by atoms with Crippen molar-refractivity contribution in [2.45, 2.75) is 25.3 Å². The largest absolute Gasteiger partial charge is 0.355 e. The fourth-order valence-electron chi connectivity index (χ4n) is 0.890. The van der Waals surface area contributed by atoms with Crippen LogP contribution in [0.15, 0.2) is 0 Å². The standard InChI is InChI=1S/C8H13BrN2O2/c9-5-8(13)10-4-3-7(12)11-6-1-2-6/h6H,1-5H2,(H,10,13)(H,11,12). The van der Waals surface area contributed by atoms with Gasteiger partial charge in [-0.25, -0.2) is 0 Å². The van der Waals surface area contributed by atoms with Gasteiger partial charge in [0.1, 0.15) is 0 Å². The highest BCUT2D eigenvalue weighted by atomic mass is 79.9. The number of nitrogens with one attached hydrogen (secondary N) is 2. The third kappa shape index (κ3) is 4.87. The lowest BCUT2D eigenvalue weighted by molar-refractivity contribution is -0.121. The van der Waals surface area contributed by atoms with Crippen molar-refractivity contribution in [2.75, 3.05) is 11.9 Å². The van der Waals surface area contributed by atoms with Gasteiger partial charge in [0.2, 0.25) is 11.8 Å². The molecule has 4 nitrogen and oxygen atoms in total. The summed E-state index contributed by atoms with van der Waals surface area (Å²) in [5.74, 6) is -0.0587. The minimum absolute atomic E-state index is 0.0253. The summed E-state index contributed by atoms with van der Waals surface area (Å²) in [5.41, 5.74) is 0. The van der Waals surface area contributed by atoms with Crippen LogP contribution < -0.4 is 10.6 Å². The zero-order valence-electron chi connectivity index (χ0n) is 7.31. The van der Waals surface area contributed by atoms with Gasteiger partial charge in [0.05, 0.1) is 5.33 Å². The van der Waals surface area contributed by atoms with Crippen molar-refractivity contribution in [3.05, 3.63) is 0 Å². The molecular weight excluding hydrogens is 236 g/mol. The quantitative estimate of drug-likeness (QED) is 0.682. The van der Waals surface area contributed by atoms with E-state index in [1.807, 2.05) is 0 Å². The van der Waals surface area contributed by atoms with Gasteiger partial charge in [0.25, 0.3) is 0 Å². The van der Waals surface area contributed by atoms with E-state index < -0.39 is 0 Å². The molecule has 0 spiro atoms. The van der Waals surface area contributed by atoms with Crippen molar-refractivity contribution in [2.24, 2.45) is 0 Å². The van der Waals surface area contributed by atoms with E-state index in [9.17, 15) is 9.59 Å². The Labute approximate surface area is 85.6 Å². The maximum atomic E-state index is 11.1. The van der Waals surface area contributed by atoms with Crippen molar-refractivity contribution < 1.29 is 9.59 Å². The van der Waals surface area contributed by atoms with Crippen LogP contribution in [0.25, 0.3) is 0 Å². The molecule has 1 fully saturated rings. The number of alkyl halides is 1. The van der Waals surface area contributed by atoms with E-state index in [-0.39, 0.29) is 17.1 Å². The summed E-state index contributed by atoms with van der Waals surface area (Å²) >= 11 is 3.02. The molecule has 1 saturated carbocycles. The summed E-state index contributed by atoms with van der Waals surface area (Å²) in [4.78, 5) is 21.8. The fourth-order valence-corrected chi connectivity index (χ4v) is 1.09. The number of carbonyl (C=O) groups excluding carboxylic acids is 2. The summed E-state index contributed by atoms with van der Waals surface area (Å²) in [7, 11) is 0. The number of hydrogen-bond donors (Lipinski definition) is 2. The molecule has 0 saturated heterocycles. The summed E-state index contributed by atoms with van der Waals surface area (Å²) in [6.45, 7) is 0.420. The van der Waals surface area contributed by atoms with Gasteiger partial charge in [-0.15, -0.1) is 0 Å². The molecule has 0 aromatic rings. The smallest absolute Gasteiger partial charge is 0.230 e. The van der Waals surface area contributed by atoms with Crippen molar-refractivity contribution in [3.8, 4) is 0 Å². The highest BCUT2D eigenvalue weighted by Crippen LogP contribution is 2.18. The van der Waals surface area contributed by atoms with E-state index >= 15 is 0 Å². The van der Waals surface area contributed by atoms with Gasteiger partial charge < -0.3 is 10.6 Å². The third-order valence-electron chi connectivity index (χ3n) is 1.74. The van der Waals surface area contributed by atoms with Crippen LogP contribution in [0.2, 0.25) is 0 Å². The second-order valence-corrected chi connectivity index (χ2v) is 3.64. The maximum Gasteiger partial charge on any atom is 0.230 e. The Hall–Kier alpha value is -0.580. The Bertz CT molecular complexity index is 204. The number of rotatable bonds is 5. The molecule has 13 heavy (non-hydrogen) atoms. The second kappa shape index (κ2) is 5.21. The summed E-state index contributed by atoms with van der Waals surface area (Å²) in [6.07, 6.45) is 2.56. The summed E-state index contributed by atoms with van der Waals surface area (Å²) in [5, 5.41) is 5.74. The van der Waals surface area contributed by atoms with Crippen molar-refractivity contribution >= 4 is 27.7 Å². The highest BCUT2D eigenvalue weighted by molar-refractivity contribution is 9.09. The van der Waals surface area contributed by atoms with Gasteiger partial charge in [-0.2, -0.15) is 0 Å². The van der Waals surface area contributed by atoms with Crippen molar-refractivity contribution in [3.63, 3.8) is 0 Å². The molecule has 0 aliphatic heterocycles. The van der Waals surface area contributed by atoms with E-state index in [2.05, 4.69) is 26.6 Å². The lowest BCUT2D eigenvalue weighted by atomic mass is 10.4. The van der Waals surface area contributed by atoms with Gasteiger partial charge in [-0.05, 0) is 12.8 Å². The predicted octanol–water partition coefficient (Wildman–Crippen LogP) is 0.166. The lowest BCUT2D eigenvalue weighted by Gasteiger charge is -2.03. The molecular formula is C8H13BrN2O2. The molecule has 2 N–H and O–H groups in total. The van der Waals surface area contributed by atoms with Crippen LogP contribution in [-0.2, 0) is 9.59 Å². The van der Waals surface area contributed by atoms with Crippen LogP contribution in [0.5, 0.6) is 0 Å². The molecule has 1 rings (SSSR count). The van der Waals surface area contributed by atoms with Crippen LogP contribution in [0, 0.1) is 0 Å². The zero-order valence-corrected chi connectivity index (χ0v) is 8.89. The molecule has 0 unspecified atom stereocenters. The first-order valence-corrected chi connectivity index (χ1v) is 5.46. The first kappa shape index (κ1) is 10.5. The van der Waals surface area contributed by atoms with Gasteiger partial charge in [0, 0.05) is 19.0 Å². The van der Waals surface area contributed by atoms with Crippen LogP contribution in [-0.4, -0.2) is 29.7 Å². The number of hydrogen-bond acceptors (Lipinski definition) is 2. The molecule has 0 bridgehead atoms. The van der Waals surface area contributed by atoms with E-state index in [4.69, 9.17) is 0 Å². The van der Waals surface area contributed by atoms with E-state index in [1.54, 1.807) is 0 Å². The number of halogens is 1. The summed E-state index contributed by atoms with van der Waals surface area (Å²) in [6, 6.07) is 0.402. The van der Waals surface area contributed by atoms with Gasteiger partial charge in [-0.3, -0.25) is 9.59 Å². The van der Waals surface area contributed by atoms with Crippen molar-refractivity contribution in [1.82, 2.24) is 10.6 Å². The summed E-state index contributed by atoms with van der Waals surface area (Å²) < 4.78 is 0. The maximum absolute atomic E-state index is 11.1. The molecule has 0 heterocycles. The Kier molecular flexibility index (Phi) is 4.21. The van der Waals surface area contributed by atoms with Crippen LogP contribution in [0.3, 0.4) is 0 Å². The normalized spacial score (nSPS) is 15.2. The average molecular weight is 249 g/mol. The van der Waals surface area contributed by atoms with E-state index in [0.717, 1.165) is 12.8 Å². The first-order valence-electron chi connectivity index (χ1n) is 4.34. The second-order valence-electron chi connectivity index (χ2n) is 3.08. The van der Waals surface area contributed by atoms with Gasteiger partial charge in [-0.1, -0.05) is 15.9 Å². The molecule has 1 aliphatic carbocycles. The third-order valence-corrected chi connectivity index (χ3v) is 2.25. The number of carbonyl (C=O) groups is 2. The molecule has 0 radical (unpaired) electrons. The Balaban J connectivity index is 1.97. The monoisotopic (exact) mass is 248 g/mol.